The van der Waals surface area contributed by atoms with E-state index in [4.69, 9.17) is 4.74 Å². The van der Waals surface area contributed by atoms with Crippen molar-refractivity contribution < 1.29 is 14.3 Å². The Morgan fingerprint density at radius 3 is 2.52 bits per heavy atom. The molecule has 0 radical (unpaired) electrons. The number of anilines is 1. The first-order valence-electron chi connectivity index (χ1n) is 7.69. The Morgan fingerprint density at radius 1 is 1.17 bits per heavy atom. The lowest BCUT2D eigenvalue weighted by molar-refractivity contribution is -0.153. The third kappa shape index (κ3) is 5.53. The number of carbonyl (C=O) groups excluding carboxylic acids is 2. The monoisotopic (exact) mass is 331 g/mol. The van der Waals surface area contributed by atoms with Crippen LogP contribution in [0.25, 0.3) is 0 Å². The average molecular weight is 331 g/mol. The SMILES string of the molecule is CCc1ccc(NC(=O)[C@H](C)OC(=O)CCc2ccsc2)cc1. The summed E-state index contributed by atoms with van der Waals surface area (Å²) in [4.78, 5) is 23.8. The van der Waals surface area contributed by atoms with Gasteiger partial charge in [0.05, 0.1) is 0 Å². The number of ether oxygens (including phenoxy) is 1. The Labute approximate surface area is 140 Å². The molecule has 0 saturated carbocycles. The van der Waals surface area contributed by atoms with Gasteiger partial charge in [0.25, 0.3) is 5.91 Å². The second-order valence-electron chi connectivity index (χ2n) is 5.30. The van der Waals surface area contributed by atoms with E-state index >= 15 is 0 Å². The smallest absolute Gasteiger partial charge is 0.306 e. The molecule has 2 rings (SSSR count). The zero-order valence-corrected chi connectivity index (χ0v) is 14.2. The van der Waals surface area contributed by atoms with Gasteiger partial charge >= 0.3 is 5.97 Å². The number of esters is 1. The van der Waals surface area contributed by atoms with Crippen LogP contribution in [0.2, 0.25) is 0 Å². The molecule has 0 unspecified atom stereocenters. The van der Waals surface area contributed by atoms with E-state index in [0.717, 1.165) is 12.0 Å². The summed E-state index contributed by atoms with van der Waals surface area (Å²) in [6.07, 6.45) is 1.05. The molecule has 0 fully saturated rings. The van der Waals surface area contributed by atoms with Gasteiger partial charge in [0.1, 0.15) is 0 Å². The fourth-order valence-corrected chi connectivity index (χ4v) is 2.76. The van der Waals surface area contributed by atoms with Gasteiger partial charge in [-0.15, -0.1) is 0 Å². The van der Waals surface area contributed by atoms with Crippen LogP contribution in [0, 0.1) is 0 Å². The Kier molecular flexibility index (Phi) is 6.35. The van der Waals surface area contributed by atoms with Gasteiger partial charge in [0.15, 0.2) is 6.10 Å². The van der Waals surface area contributed by atoms with Crippen molar-refractivity contribution in [3.8, 4) is 0 Å². The maximum absolute atomic E-state index is 12.0. The van der Waals surface area contributed by atoms with E-state index in [-0.39, 0.29) is 18.3 Å². The Hall–Kier alpha value is -2.14. The topological polar surface area (TPSA) is 55.4 Å². The lowest BCUT2D eigenvalue weighted by Crippen LogP contribution is -2.30. The van der Waals surface area contributed by atoms with Crippen LogP contribution in [-0.2, 0) is 27.2 Å². The minimum Gasteiger partial charge on any atom is -0.453 e. The highest BCUT2D eigenvalue weighted by Gasteiger charge is 2.17. The quantitative estimate of drug-likeness (QED) is 0.785. The van der Waals surface area contributed by atoms with Crippen molar-refractivity contribution in [3.63, 3.8) is 0 Å². The highest BCUT2D eigenvalue weighted by atomic mass is 32.1. The number of nitrogens with one attached hydrogen (secondary N) is 1. The number of hydrogen-bond donors (Lipinski definition) is 1. The fourth-order valence-electron chi connectivity index (χ4n) is 2.06. The summed E-state index contributed by atoms with van der Waals surface area (Å²) in [6.45, 7) is 3.66. The summed E-state index contributed by atoms with van der Waals surface area (Å²) in [5.74, 6) is -0.682. The number of thiophene rings is 1. The van der Waals surface area contributed by atoms with Crippen LogP contribution in [0.4, 0.5) is 5.69 Å². The number of rotatable bonds is 7. The second kappa shape index (κ2) is 8.48. The highest BCUT2D eigenvalue weighted by Crippen LogP contribution is 2.12. The van der Waals surface area contributed by atoms with Crippen molar-refractivity contribution in [1.29, 1.82) is 0 Å². The maximum atomic E-state index is 12.0. The van der Waals surface area contributed by atoms with Crippen LogP contribution in [0.3, 0.4) is 0 Å². The lowest BCUT2D eigenvalue weighted by Gasteiger charge is -2.13. The van der Waals surface area contributed by atoms with Crippen molar-refractivity contribution in [3.05, 3.63) is 52.2 Å². The van der Waals surface area contributed by atoms with E-state index in [1.807, 2.05) is 41.1 Å². The maximum Gasteiger partial charge on any atom is 0.306 e. The molecule has 0 aliphatic heterocycles. The number of amides is 1. The Bertz CT molecular complexity index is 635. The van der Waals surface area contributed by atoms with Gasteiger partial charge < -0.3 is 10.1 Å². The van der Waals surface area contributed by atoms with Crippen molar-refractivity contribution >= 4 is 28.9 Å². The first-order valence-corrected chi connectivity index (χ1v) is 8.63. The summed E-state index contributed by atoms with van der Waals surface area (Å²) in [5.41, 5.74) is 3.02. The third-order valence-corrected chi connectivity index (χ3v) is 4.24. The summed E-state index contributed by atoms with van der Waals surface area (Å²) in [7, 11) is 0. The molecule has 1 heterocycles. The third-order valence-electron chi connectivity index (χ3n) is 3.51. The molecular weight excluding hydrogens is 310 g/mol. The van der Waals surface area contributed by atoms with E-state index in [1.165, 1.54) is 5.56 Å². The van der Waals surface area contributed by atoms with Crippen molar-refractivity contribution in [2.75, 3.05) is 5.32 Å². The number of hydrogen-bond acceptors (Lipinski definition) is 4. The van der Waals surface area contributed by atoms with E-state index in [9.17, 15) is 9.59 Å². The molecule has 0 saturated heterocycles. The molecular formula is C18H21NO3S. The van der Waals surface area contributed by atoms with Gasteiger partial charge in [-0.25, -0.2) is 0 Å². The van der Waals surface area contributed by atoms with E-state index in [2.05, 4.69) is 12.2 Å². The van der Waals surface area contributed by atoms with E-state index in [1.54, 1.807) is 18.3 Å². The number of benzene rings is 1. The van der Waals surface area contributed by atoms with Gasteiger partial charge in [0.2, 0.25) is 0 Å². The molecule has 23 heavy (non-hydrogen) atoms. The molecule has 2 aromatic rings. The number of aryl methyl sites for hydroxylation is 2. The Balaban J connectivity index is 1.78. The summed E-state index contributed by atoms with van der Waals surface area (Å²) in [6, 6.07) is 9.61. The van der Waals surface area contributed by atoms with Crippen molar-refractivity contribution in [2.45, 2.75) is 39.2 Å². The number of carbonyl (C=O) groups is 2. The highest BCUT2D eigenvalue weighted by molar-refractivity contribution is 7.07. The zero-order chi connectivity index (χ0) is 16.7. The summed E-state index contributed by atoms with van der Waals surface area (Å²) >= 11 is 1.60. The lowest BCUT2D eigenvalue weighted by atomic mass is 10.1. The molecule has 0 bridgehead atoms. The predicted octanol–water partition coefficient (Wildman–Crippen LogP) is 3.81. The normalized spacial score (nSPS) is 11.7. The molecule has 122 valence electrons. The zero-order valence-electron chi connectivity index (χ0n) is 13.4. The van der Waals surface area contributed by atoms with Gasteiger partial charge in [-0.3, -0.25) is 9.59 Å². The van der Waals surface area contributed by atoms with E-state index in [0.29, 0.717) is 12.1 Å². The largest absolute Gasteiger partial charge is 0.453 e. The van der Waals surface area contributed by atoms with Gasteiger partial charge in [0, 0.05) is 12.1 Å². The fraction of sp³-hybridized carbons (Fsp3) is 0.333. The van der Waals surface area contributed by atoms with Crippen molar-refractivity contribution in [2.24, 2.45) is 0 Å². The van der Waals surface area contributed by atoms with Crippen LogP contribution >= 0.6 is 11.3 Å². The molecule has 0 aliphatic carbocycles. The summed E-state index contributed by atoms with van der Waals surface area (Å²) < 4.78 is 5.18. The van der Waals surface area contributed by atoms with Gasteiger partial charge in [-0.1, -0.05) is 19.1 Å². The minimum absolute atomic E-state index is 0.277. The molecule has 1 N–H and O–H groups in total. The van der Waals surface area contributed by atoms with Crippen LogP contribution in [-0.4, -0.2) is 18.0 Å². The molecule has 5 heteroatoms. The molecule has 1 amide bonds. The molecule has 1 aromatic carbocycles. The average Bonchev–Trinajstić information content (AvgIpc) is 3.07. The van der Waals surface area contributed by atoms with E-state index < -0.39 is 6.10 Å². The van der Waals surface area contributed by atoms with Gasteiger partial charge in [-0.05, 0) is 59.9 Å². The molecule has 4 nitrogen and oxygen atoms in total. The minimum atomic E-state index is -0.809. The predicted molar refractivity (Wildman–Crippen MR) is 92.6 cm³/mol. The van der Waals surface area contributed by atoms with Crippen LogP contribution in [0.5, 0.6) is 0 Å². The molecule has 0 spiro atoms. The Morgan fingerprint density at radius 2 is 1.91 bits per heavy atom. The van der Waals surface area contributed by atoms with Gasteiger partial charge in [-0.2, -0.15) is 11.3 Å². The van der Waals surface area contributed by atoms with Crippen LogP contribution in [0.15, 0.2) is 41.1 Å². The standard InChI is InChI=1S/C18H21NO3S/c1-3-14-4-7-16(8-5-14)19-18(21)13(2)22-17(20)9-6-15-10-11-23-12-15/h4-5,7-8,10-13H,3,6,9H2,1-2H3,(H,19,21)/t13-/m0/s1. The van der Waals surface area contributed by atoms with Crippen molar-refractivity contribution in [1.82, 2.24) is 0 Å². The summed E-state index contributed by atoms with van der Waals surface area (Å²) in [5, 5.41) is 6.73. The molecule has 0 aliphatic rings. The second-order valence-corrected chi connectivity index (χ2v) is 6.08. The molecule has 1 aromatic heterocycles. The van der Waals surface area contributed by atoms with Crippen LogP contribution < -0.4 is 5.32 Å². The first-order chi connectivity index (χ1) is 11.1. The van der Waals surface area contributed by atoms with Crippen LogP contribution in [0.1, 0.15) is 31.4 Å². The molecule has 1 atom stereocenters. The first kappa shape index (κ1) is 17.2.